The van der Waals surface area contributed by atoms with Crippen molar-refractivity contribution in [1.29, 1.82) is 0 Å². The van der Waals surface area contributed by atoms with Crippen molar-refractivity contribution in [3.8, 4) is 11.5 Å². The molecule has 0 saturated heterocycles. The number of benzene rings is 4. The topological polar surface area (TPSA) is 65.4 Å². The normalized spacial score (nSPS) is 11.0. The number of ether oxygens (including phenoxy) is 2. The van der Waals surface area contributed by atoms with Crippen molar-refractivity contribution >= 4 is 27.7 Å². The summed E-state index contributed by atoms with van der Waals surface area (Å²) < 4.78 is 13.6. The molecule has 0 fully saturated rings. The lowest BCUT2D eigenvalue weighted by molar-refractivity contribution is 0.0952. The standard InChI is InChI=1S/C30H29N3O3/c1-35-24-12-6-11-23(21-24)30(34)31-18-8-17-29-32-26-14-4-5-15-27(26)33(29)19-20-36-28-16-7-10-22-9-2-3-13-25(22)28/h2-7,9-16,21H,8,17-20H2,1H3,(H,31,34). The summed E-state index contributed by atoms with van der Waals surface area (Å²) in [5.74, 6) is 2.45. The number of amides is 1. The highest BCUT2D eigenvalue weighted by molar-refractivity contribution is 5.94. The van der Waals surface area contributed by atoms with Gasteiger partial charge in [0.25, 0.3) is 5.91 Å². The van der Waals surface area contributed by atoms with Crippen molar-refractivity contribution in [1.82, 2.24) is 14.9 Å². The van der Waals surface area contributed by atoms with Crippen molar-refractivity contribution in [2.45, 2.75) is 19.4 Å². The summed E-state index contributed by atoms with van der Waals surface area (Å²) in [4.78, 5) is 17.4. The zero-order valence-corrected chi connectivity index (χ0v) is 20.3. The van der Waals surface area contributed by atoms with Gasteiger partial charge in [0, 0.05) is 23.9 Å². The van der Waals surface area contributed by atoms with Crippen LogP contribution in [-0.4, -0.2) is 35.7 Å². The Hall–Kier alpha value is -4.32. The van der Waals surface area contributed by atoms with E-state index in [0.717, 1.165) is 40.8 Å². The molecule has 0 aliphatic heterocycles. The zero-order chi connectivity index (χ0) is 24.7. The molecule has 0 aliphatic rings. The lowest BCUT2D eigenvalue weighted by atomic mass is 10.1. The van der Waals surface area contributed by atoms with Crippen LogP contribution in [0.4, 0.5) is 0 Å². The predicted octanol–water partition coefficient (Wildman–Crippen LogP) is 5.64. The third-order valence-corrected chi connectivity index (χ3v) is 6.25. The van der Waals surface area contributed by atoms with Crippen LogP contribution in [0.2, 0.25) is 0 Å². The van der Waals surface area contributed by atoms with E-state index in [1.807, 2.05) is 54.6 Å². The van der Waals surface area contributed by atoms with Gasteiger partial charge in [-0.05, 0) is 48.2 Å². The average molecular weight is 480 g/mol. The zero-order valence-electron chi connectivity index (χ0n) is 20.3. The molecular formula is C30H29N3O3. The molecule has 182 valence electrons. The van der Waals surface area contributed by atoms with E-state index in [1.54, 1.807) is 19.2 Å². The highest BCUT2D eigenvalue weighted by atomic mass is 16.5. The van der Waals surface area contributed by atoms with Gasteiger partial charge >= 0.3 is 0 Å². The number of carbonyl (C=O) groups excluding carboxylic acids is 1. The molecule has 5 aromatic rings. The van der Waals surface area contributed by atoms with Crippen molar-refractivity contribution in [2.75, 3.05) is 20.3 Å². The molecule has 5 rings (SSSR count). The molecule has 1 amide bonds. The Morgan fingerprint density at radius 3 is 2.67 bits per heavy atom. The summed E-state index contributed by atoms with van der Waals surface area (Å²) >= 11 is 0. The van der Waals surface area contributed by atoms with Crippen LogP contribution in [0.15, 0.2) is 91.0 Å². The maximum Gasteiger partial charge on any atom is 0.251 e. The van der Waals surface area contributed by atoms with Gasteiger partial charge in [-0.2, -0.15) is 0 Å². The number of para-hydroxylation sites is 2. The van der Waals surface area contributed by atoms with E-state index in [2.05, 4.69) is 34.1 Å². The number of rotatable bonds is 10. The molecule has 0 unspecified atom stereocenters. The maximum atomic E-state index is 12.5. The number of imidazole rings is 1. The Balaban J connectivity index is 1.23. The first-order chi connectivity index (χ1) is 17.7. The van der Waals surface area contributed by atoms with Crippen LogP contribution in [-0.2, 0) is 13.0 Å². The van der Waals surface area contributed by atoms with Gasteiger partial charge in [0.15, 0.2) is 0 Å². The van der Waals surface area contributed by atoms with Crippen molar-refractivity contribution in [3.05, 3.63) is 102 Å². The Morgan fingerprint density at radius 1 is 0.944 bits per heavy atom. The minimum absolute atomic E-state index is 0.106. The van der Waals surface area contributed by atoms with Crippen LogP contribution in [0, 0.1) is 0 Å². The quantitative estimate of drug-likeness (QED) is 0.263. The van der Waals surface area contributed by atoms with E-state index in [0.29, 0.717) is 31.0 Å². The smallest absolute Gasteiger partial charge is 0.251 e. The van der Waals surface area contributed by atoms with Gasteiger partial charge in [0.05, 0.1) is 24.7 Å². The molecule has 0 atom stereocenters. The molecule has 6 heteroatoms. The van der Waals surface area contributed by atoms with Crippen LogP contribution >= 0.6 is 0 Å². The summed E-state index contributed by atoms with van der Waals surface area (Å²) in [5.41, 5.74) is 2.65. The second kappa shape index (κ2) is 11.0. The van der Waals surface area contributed by atoms with E-state index in [1.165, 1.54) is 5.39 Å². The molecule has 0 spiro atoms. The number of fused-ring (bicyclic) bond motifs is 2. The highest BCUT2D eigenvalue weighted by Gasteiger charge is 2.12. The Morgan fingerprint density at radius 2 is 1.75 bits per heavy atom. The fraction of sp³-hybridized carbons (Fsp3) is 0.200. The number of hydrogen-bond donors (Lipinski definition) is 1. The van der Waals surface area contributed by atoms with Gasteiger partial charge in [-0.25, -0.2) is 4.98 Å². The lowest BCUT2D eigenvalue weighted by Gasteiger charge is -2.13. The Kier molecular flexibility index (Phi) is 7.12. The molecule has 0 bridgehead atoms. The van der Waals surface area contributed by atoms with E-state index in [9.17, 15) is 4.79 Å². The van der Waals surface area contributed by atoms with Crippen molar-refractivity contribution in [3.63, 3.8) is 0 Å². The molecule has 1 N–H and O–H groups in total. The second-order valence-electron chi connectivity index (χ2n) is 8.59. The van der Waals surface area contributed by atoms with E-state index in [-0.39, 0.29) is 5.91 Å². The van der Waals surface area contributed by atoms with Gasteiger partial charge < -0.3 is 19.4 Å². The number of carbonyl (C=O) groups is 1. The second-order valence-corrected chi connectivity index (χ2v) is 8.59. The molecule has 1 aromatic heterocycles. The molecular weight excluding hydrogens is 450 g/mol. The first kappa shape index (κ1) is 23.4. The van der Waals surface area contributed by atoms with Crippen LogP contribution in [0.5, 0.6) is 11.5 Å². The molecule has 4 aromatic carbocycles. The van der Waals surface area contributed by atoms with E-state index in [4.69, 9.17) is 14.5 Å². The van der Waals surface area contributed by atoms with Gasteiger partial charge in [-0.1, -0.05) is 54.6 Å². The molecule has 1 heterocycles. The van der Waals surface area contributed by atoms with Crippen LogP contribution in [0.25, 0.3) is 21.8 Å². The minimum Gasteiger partial charge on any atom is -0.497 e. The lowest BCUT2D eigenvalue weighted by Crippen LogP contribution is -2.25. The van der Waals surface area contributed by atoms with E-state index >= 15 is 0 Å². The molecule has 0 radical (unpaired) electrons. The fourth-order valence-corrected chi connectivity index (χ4v) is 4.45. The SMILES string of the molecule is COc1cccc(C(=O)NCCCc2nc3ccccc3n2CCOc2cccc3ccccc23)c1. The monoisotopic (exact) mass is 479 g/mol. The van der Waals surface area contributed by atoms with Gasteiger partial charge in [0.1, 0.15) is 23.9 Å². The number of nitrogens with zero attached hydrogens (tertiary/aromatic N) is 2. The number of aryl methyl sites for hydroxylation is 1. The van der Waals surface area contributed by atoms with Crippen LogP contribution in [0.3, 0.4) is 0 Å². The molecule has 6 nitrogen and oxygen atoms in total. The molecule has 0 aliphatic carbocycles. The maximum absolute atomic E-state index is 12.5. The van der Waals surface area contributed by atoms with Crippen LogP contribution in [0.1, 0.15) is 22.6 Å². The summed E-state index contributed by atoms with van der Waals surface area (Å²) in [6, 6.07) is 29.7. The molecule has 0 saturated carbocycles. The summed E-state index contributed by atoms with van der Waals surface area (Å²) in [5, 5.41) is 5.28. The first-order valence-electron chi connectivity index (χ1n) is 12.2. The summed E-state index contributed by atoms with van der Waals surface area (Å²) in [6.45, 7) is 1.79. The average Bonchev–Trinajstić information content (AvgIpc) is 3.28. The van der Waals surface area contributed by atoms with Gasteiger partial charge in [-0.15, -0.1) is 0 Å². The fourth-order valence-electron chi connectivity index (χ4n) is 4.45. The highest BCUT2D eigenvalue weighted by Crippen LogP contribution is 2.25. The Labute approximate surface area is 210 Å². The third-order valence-electron chi connectivity index (χ3n) is 6.25. The van der Waals surface area contributed by atoms with Crippen molar-refractivity contribution in [2.24, 2.45) is 0 Å². The van der Waals surface area contributed by atoms with Crippen molar-refractivity contribution < 1.29 is 14.3 Å². The minimum atomic E-state index is -0.106. The largest absolute Gasteiger partial charge is 0.497 e. The predicted molar refractivity (Wildman–Crippen MR) is 143 cm³/mol. The van der Waals surface area contributed by atoms with Gasteiger partial charge in [0.2, 0.25) is 0 Å². The number of hydrogen-bond acceptors (Lipinski definition) is 4. The summed E-state index contributed by atoms with van der Waals surface area (Å²) in [6.07, 6.45) is 1.53. The molecule has 36 heavy (non-hydrogen) atoms. The number of methoxy groups -OCH3 is 1. The number of aromatic nitrogens is 2. The Bertz CT molecular complexity index is 1490. The van der Waals surface area contributed by atoms with E-state index < -0.39 is 0 Å². The van der Waals surface area contributed by atoms with Crippen LogP contribution < -0.4 is 14.8 Å². The number of nitrogens with one attached hydrogen (secondary N) is 1. The van der Waals surface area contributed by atoms with Gasteiger partial charge in [-0.3, -0.25) is 4.79 Å². The summed E-state index contributed by atoms with van der Waals surface area (Å²) in [7, 11) is 1.59. The third kappa shape index (κ3) is 5.18. The first-order valence-corrected chi connectivity index (χ1v) is 12.2.